The monoisotopic (exact) mass is 276 g/mol. The van der Waals surface area contributed by atoms with Gasteiger partial charge in [-0.05, 0) is 6.42 Å². The van der Waals surface area contributed by atoms with Crippen molar-refractivity contribution in [2.24, 2.45) is 0 Å². The zero-order chi connectivity index (χ0) is 12.8. The number of rotatable bonds is 6. The highest BCUT2D eigenvalue weighted by molar-refractivity contribution is 7.84. The molecule has 17 heavy (non-hydrogen) atoms. The molecule has 94 valence electrons. The van der Waals surface area contributed by atoms with Crippen LogP contribution in [0.5, 0.6) is 0 Å². The maximum absolute atomic E-state index is 11.5. The number of aromatic nitrogens is 1. The van der Waals surface area contributed by atoms with Crippen molar-refractivity contribution < 1.29 is 18.9 Å². The van der Waals surface area contributed by atoms with E-state index in [1.54, 1.807) is 6.26 Å². The third-order valence-electron chi connectivity index (χ3n) is 1.81. The summed E-state index contributed by atoms with van der Waals surface area (Å²) >= 11 is 0.986. The summed E-state index contributed by atoms with van der Waals surface area (Å²) in [5.41, 5.74) is -0.130. The average molecular weight is 276 g/mol. The molecule has 0 bridgehead atoms. The predicted octanol–water partition coefficient (Wildman–Crippen LogP) is 0.340. The van der Waals surface area contributed by atoms with Crippen molar-refractivity contribution in [2.75, 3.05) is 18.6 Å². The Morgan fingerprint density at radius 1 is 1.59 bits per heavy atom. The summed E-state index contributed by atoms with van der Waals surface area (Å²) < 4.78 is 10.8. The van der Waals surface area contributed by atoms with E-state index in [-0.39, 0.29) is 10.7 Å². The van der Waals surface area contributed by atoms with Crippen LogP contribution in [0.2, 0.25) is 0 Å². The van der Waals surface area contributed by atoms with Crippen molar-refractivity contribution in [3.05, 3.63) is 16.1 Å². The number of thiazole rings is 1. The first-order valence-electron chi connectivity index (χ1n) is 4.77. The Balaban J connectivity index is 2.41. The minimum atomic E-state index is -1.15. The summed E-state index contributed by atoms with van der Waals surface area (Å²) in [6.07, 6.45) is 2.22. The number of hydrogen-bond acceptors (Lipinski definition) is 5. The first-order valence-corrected chi connectivity index (χ1v) is 7.38. The van der Waals surface area contributed by atoms with Crippen LogP contribution in [0, 0.1) is 0 Å². The van der Waals surface area contributed by atoms with Gasteiger partial charge in [-0.1, -0.05) is 0 Å². The first kappa shape index (κ1) is 13.8. The molecule has 0 aliphatic carbocycles. The molecule has 1 atom stereocenters. The van der Waals surface area contributed by atoms with E-state index in [0.29, 0.717) is 18.7 Å². The summed E-state index contributed by atoms with van der Waals surface area (Å²) in [6, 6.07) is 0. The van der Waals surface area contributed by atoms with Gasteiger partial charge >= 0.3 is 5.97 Å². The van der Waals surface area contributed by atoms with E-state index in [1.165, 1.54) is 5.38 Å². The Morgan fingerprint density at radius 2 is 2.29 bits per heavy atom. The number of carbonyl (C=O) groups excluding carboxylic acids is 1. The third kappa shape index (κ3) is 4.61. The second-order valence-electron chi connectivity index (χ2n) is 3.23. The Kier molecular flexibility index (Phi) is 5.23. The number of carbonyl (C=O) groups is 2. The highest BCUT2D eigenvalue weighted by Crippen LogP contribution is 2.09. The molecule has 1 amide bonds. The molecule has 0 radical (unpaired) electrons. The average Bonchev–Trinajstić information content (AvgIpc) is 2.73. The van der Waals surface area contributed by atoms with Crippen molar-refractivity contribution in [1.82, 2.24) is 10.3 Å². The maximum Gasteiger partial charge on any atom is 0.355 e. The quantitative estimate of drug-likeness (QED) is 0.730. The standard InChI is InChI=1S/C9H12N2O4S2/c1-17(15)4-2-3-10-7(12)8-11-6(5-16-8)9(13)14/h5H,2-4H2,1H3,(H,10,12)(H,13,14). The smallest absolute Gasteiger partial charge is 0.355 e. The van der Waals surface area contributed by atoms with Crippen molar-refractivity contribution in [3.63, 3.8) is 0 Å². The van der Waals surface area contributed by atoms with Gasteiger partial charge in [0.1, 0.15) is 0 Å². The first-order chi connectivity index (χ1) is 8.00. The van der Waals surface area contributed by atoms with E-state index >= 15 is 0 Å². The summed E-state index contributed by atoms with van der Waals surface area (Å²) in [5.74, 6) is -1.02. The van der Waals surface area contributed by atoms with E-state index in [9.17, 15) is 13.8 Å². The van der Waals surface area contributed by atoms with E-state index < -0.39 is 22.7 Å². The summed E-state index contributed by atoms with van der Waals surface area (Å²) in [6.45, 7) is 0.403. The minimum Gasteiger partial charge on any atom is -0.476 e. The van der Waals surface area contributed by atoms with Gasteiger partial charge in [0, 0.05) is 34.7 Å². The molecule has 0 fully saturated rings. The fraction of sp³-hybridized carbons (Fsp3) is 0.444. The fourth-order valence-corrected chi connectivity index (χ4v) is 2.29. The van der Waals surface area contributed by atoms with Crippen molar-refractivity contribution >= 4 is 34.0 Å². The molecule has 0 saturated carbocycles. The van der Waals surface area contributed by atoms with Crippen LogP contribution in [-0.2, 0) is 10.8 Å². The van der Waals surface area contributed by atoms with Crippen LogP contribution >= 0.6 is 11.3 Å². The normalized spacial score (nSPS) is 12.1. The lowest BCUT2D eigenvalue weighted by atomic mass is 10.4. The van der Waals surface area contributed by atoms with Crippen LogP contribution in [0.3, 0.4) is 0 Å². The van der Waals surface area contributed by atoms with Crippen LogP contribution < -0.4 is 5.32 Å². The van der Waals surface area contributed by atoms with Gasteiger partial charge in [-0.3, -0.25) is 9.00 Å². The lowest BCUT2D eigenvalue weighted by molar-refractivity contribution is 0.0691. The summed E-state index contributed by atoms with van der Waals surface area (Å²) in [5, 5.41) is 12.7. The van der Waals surface area contributed by atoms with E-state index in [0.717, 1.165) is 11.3 Å². The molecule has 1 unspecified atom stereocenters. The highest BCUT2D eigenvalue weighted by Gasteiger charge is 2.13. The molecule has 0 spiro atoms. The predicted molar refractivity (Wildman–Crippen MR) is 65.0 cm³/mol. The van der Waals surface area contributed by atoms with E-state index in [2.05, 4.69) is 10.3 Å². The molecule has 8 heteroatoms. The molecule has 1 heterocycles. The van der Waals surface area contributed by atoms with Crippen LogP contribution in [0.25, 0.3) is 0 Å². The van der Waals surface area contributed by atoms with Crippen molar-refractivity contribution in [2.45, 2.75) is 6.42 Å². The number of nitrogens with zero attached hydrogens (tertiary/aromatic N) is 1. The van der Waals surface area contributed by atoms with Gasteiger partial charge in [-0.15, -0.1) is 11.3 Å². The van der Waals surface area contributed by atoms with Gasteiger partial charge in [0.15, 0.2) is 10.7 Å². The molecule has 1 aromatic heterocycles. The zero-order valence-corrected chi connectivity index (χ0v) is 10.8. The van der Waals surface area contributed by atoms with Crippen LogP contribution in [0.15, 0.2) is 5.38 Å². The lowest BCUT2D eigenvalue weighted by Crippen LogP contribution is -2.25. The van der Waals surface area contributed by atoms with E-state index in [1.807, 2.05) is 0 Å². The molecular weight excluding hydrogens is 264 g/mol. The number of carboxylic acid groups (broad SMARTS) is 1. The number of hydrogen-bond donors (Lipinski definition) is 2. The second kappa shape index (κ2) is 6.45. The molecule has 0 aromatic carbocycles. The van der Waals surface area contributed by atoms with Gasteiger partial charge in [0.25, 0.3) is 5.91 Å². The maximum atomic E-state index is 11.5. The zero-order valence-electron chi connectivity index (χ0n) is 9.13. The lowest BCUT2D eigenvalue weighted by Gasteiger charge is -2.01. The second-order valence-corrected chi connectivity index (χ2v) is 5.64. The van der Waals surface area contributed by atoms with Gasteiger partial charge in [-0.25, -0.2) is 9.78 Å². The van der Waals surface area contributed by atoms with Gasteiger partial charge in [-0.2, -0.15) is 0 Å². The Hall–Kier alpha value is -1.28. The molecule has 0 saturated heterocycles. The Bertz CT molecular complexity index is 444. The Labute approximate surface area is 105 Å². The van der Waals surface area contributed by atoms with E-state index in [4.69, 9.17) is 5.11 Å². The summed E-state index contributed by atoms with van der Waals surface area (Å²) in [4.78, 5) is 25.7. The number of amides is 1. The fourth-order valence-electron chi connectivity index (χ4n) is 1.03. The van der Waals surface area contributed by atoms with Crippen LogP contribution in [0.1, 0.15) is 26.7 Å². The van der Waals surface area contributed by atoms with Crippen LogP contribution in [0.4, 0.5) is 0 Å². The van der Waals surface area contributed by atoms with Crippen LogP contribution in [-0.4, -0.2) is 44.7 Å². The van der Waals surface area contributed by atoms with Gasteiger partial charge in [0.2, 0.25) is 0 Å². The number of nitrogens with one attached hydrogen (secondary N) is 1. The minimum absolute atomic E-state index is 0.125. The molecule has 1 rings (SSSR count). The molecule has 2 N–H and O–H groups in total. The van der Waals surface area contributed by atoms with Crippen molar-refractivity contribution in [1.29, 1.82) is 0 Å². The number of carboxylic acids is 1. The van der Waals surface area contributed by atoms with Gasteiger partial charge < -0.3 is 10.4 Å². The third-order valence-corrected chi connectivity index (χ3v) is 3.52. The topological polar surface area (TPSA) is 96.4 Å². The van der Waals surface area contributed by atoms with Gasteiger partial charge in [0.05, 0.1) is 0 Å². The summed E-state index contributed by atoms with van der Waals surface area (Å²) in [7, 11) is -0.869. The largest absolute Gasteiger partial charge is 0.476 e. The molecule has 6 nitrogen and oxygen atoms in total. The van der Waals surface area contributed by atoms with Crippen molar-refractivity contribution in [3.8, 4) is 0 Å². The molecule has 0 aliphatic heterocycles. The molecule has 1 aromatic rings. The molecular formula is C9H12N2O4S2. The highest BCUT2D eigenvalue weighted by atomic mass is 32.2. The number of aromatic carboxylic acids is 1. The Morgan fingerprint density at radius 3 is 2.82 bits per heavy atom. The SMILES string of the molecule is CS(=O)CCCNC(=O)c1nc(C(=O)O)cs1. The molecule has 0 aliphatic rings.